The van der Waals surface area contributed by atoms with Crippen LogP contribution in [0, 0.1) is 0 Å². The van der Waals surface area contributed by atoms with Gasteiger partial charge in [0, 0.05) is 0 Å². The van der Waals surface area contributed by atoms with E-state index in [1.807, 2.05) is 0 Å². The monoisotopic (exact) mass is 346 g/mol. The predicted molar refractivity (Wildman–Crippen MR) is 101 cm³/mol. The lowest BCUT2D eigenvalue weighted by Gasteiger charge is -2.06. The minimum Gasteiger partial charge on any atom is -0.306 e. The molecule has 0 saturated heterocycles. The maximum absolute atomic E-state index is 10.9. The standard InChI is InChI=1S/C18H39N2O2P/c1-2-3-4-5-6-7-8-9-10-11-12-13-14-15-16-17-18-22-23(19,20)21/h9-10H,2-8,11-18H2,1H3,(H4,19,20,21). The maximum atomic E-state index is 10.9. The number of hydrogen-bond acceptors (Lipinski definition) is 2. The SMILES string of the molecule is CCCCCCCCC=CCCCCCCCCOP(N)(N)=O. The number of allylic oxidation sites excluding steroid dienone is 2. The molecule has 0 fully saturated rings. The van der Waals surface area contributed by atoms with Gasteiger partial charge in [0.2, 0.25) is 0 Å². The highest BCUT2D eigenvalue weighted by Crippen LogP contribution is 2.26. The first-order chi connectivity index (χ1) is 11.1. The molecule has 0 saturated carbocycles. The molecule has 0 aliphatic heterocycles. The van der Waals surface area contributed by atoms with Gasteiger partial charge in [-0.1, -0.05) is 76.9 Å². The Morgan fingerprint density at radius 2 is 1.17 bits per heavy atom. The summed E-state index contributed by atoms with van der Waals surface area (Å²) in [6.07, 6.45) is 22.4. The molecule has 0 unspecified atom stereocenters. The summed E-state index contributed by atoms with van der Waals surface area (Å²) in [7, 11) is -3.26. The van der Waals surface area contributed by atoms with Gasteiger partial charge >= 0.3 is 7.67 Å². The molecule has 0 atom stereocenters. The van der Waals surface area contributed by atoms with Crippen LogP contribution in [0.3, 0.4) is 0 Å². The molecular formula is C18H39N2O2P. The molecule has 0 aromatic rings. The number of nitrogens with two attached hydrogens (primary N) is 2. The summed E-state index contributed by atoms with van der Waals surface area (Å²) in [4.78, 5) is 0. The van der Waals surface area contributed by atoms with Crippen molar-refractivity contribution in [3.63, 3.8) is 0 Å². The Balaban J connectivity index is 3.12. The smallest absolute Gasteiger partial charge is 0.306 e. The topological polar surface area (TPSA) is 78.3 Å². The highest BCUT2D eigenvalue weighted by molar-refractivity contribution is 7.53. The van der Waals surface area contributed by atoms with Crippen LogP contribution in [0.25, 0.3) is 0 Å². The Morgan fingerprint density at radius 1 is 0.739 bits per heavy atom. The molecule has 0 amide bonds. The molecular weight excluding hydrogens is 307 g/mol. The largest absolute Gasteiger partial charge is 0.335 e. The van der Waals surface area contributed by atoms with Gasteiger partial charge in [-0.3, -0.25) is 4.57 Å². The molecule has 4 N–H and O–H groups in total. The number of hydrogen-bond donors (Lipinski definition) is 2. The molecule has 4 nitrogen and oxygen atoms in total. The first-order valence-corrected chi connectivity index (χ1v) is 11.3. The summed E-state index contributed by atoms with van der Waals surface area (Å²) >= 11 is 0. The van der Waals surface area contributed by atoms with E-state index >= 15 is 0 Å². The van der Waals surface area contributed by atoms with Gasteiger partial charge in [0.25, 0.3) is 0 Å². The summed E-state index contributed by atoms with van der Waals surface area (Å²) in [5.41, 5.74) is 10.2. The minimum absolute atomic E-state index is 0.408. The zero-order chi connectivity index (χ0) is 17.2. The molecule has 0 radical (unpaired) electrons. The molecule has 0 bridgehead atoms. The van der Waals surface area contributed by atoms with Gasteiger partial charge in [0.05, 0.1) is 6.61 Å². The van der Waals surface area contributed by atoms with E-state index in [1.165, 1.54) is 77.0 Å². The molecule has 0 rings (SSSR count). The quantitative estimate of drug-likeness (QED) is 0.190. The fourth-order valence-corrected chi connectivity index (χ4v) is 2.97. The highest BCUT2D eigenvalue weighted by atomic mass is 31.2. The van der Waals surface area contributed by atoms with E-state index in [4.69, 9.17) is 15.5 Å². The summed E-state index contributed by atoms with van der Waals surface area (Å²) in [6.45, 7) is 2.67. The first-order valence-electron chi connectivity index (χ1n) is 9.53. The summed E-state index contributed by atoms with van der Waals surface area (Å²) in [5.74, 6) is 0. The Hall–Kier alpha value is -0.150. The average molecular weight is 346 g/mol. The molecule has 0 aromatic carbocycles. The zero-order valence-electron chi connectivity index (χ0n) is 15.2. The van der Waals surface area contributed by atoms with Crippen LogP contribution in [0.2, 0.25) is 0 Å². The second-order valence-electron chi connectivity index (χ2n) is 6.42. The molecule has 0 spiro atoms. The third-order valence-electron chi connectivity index (χ3n) is 3.95. The van der Waals surface area contributed by atoms with Crippen molar-refractivity contribution < 1.29 is 9.09 Å². The molecule has 0 aliphatic carbocycles. The Bertz CT molecular complexity index is 316. The van der Waals surface area contributed by atoms with Crippen molar-refractivity contribution in [2.75, 3.05) is 6.61 Å². The third kappa shape index (κ3) is 21.9. The van der Waals surface area contributed by atoms with E-state index in [0.29, 0.717) is 6.61 Å². The summed E-state index contributed by atoms with van der Waals surface area (Å²) in [5, 5.41) is 0. The fraction of sp³-hybridized carbons (Fsp3) is 0.889. The Morgan fingerprint density at radius 3 is 1.65 bits per heavy atom. The Labute approximate surface area is 144 Å². The van der Waals surface area contributed by atoms with Gasteiger partial charge in [0.1, 0.15) is 0 Å². The second-order valence-corrected chi connectivity index (χ2v) is 7.96. The zero-order valence-corrected chi connectivity index (χ0v) is 16.1. The van der Waals surface area contributed by atoms with E-state index < -0.39 is 7.67 Å². The van der Waals surface area contributed by atoms with E-state index in [2.05, 4.69) is 19.1 Å². The van der Waals surface area contributed by atoms with Crippen LogP contribution in [0.4, 0.5) is 0 Å². The Kier molecular flexibility index (Phi) is 16.6. The van der Waals surface area contributed by atoms with Gasteiger partial charge in [-0.25, -0.2) is 11.0 Å². The lowest BCUT2D eigenvalue weighted by molar-refractivity contribution is 0.302. The minimum atomic E-state index is -3.26. The molecule has 0 aliphatic rings. The molecule has 138 valence electrons. The van der Waals surface area contributed by atoms with Crippen LogP contribution in [0.15, 0.2) is 12.2 Å². The van der Waals surface area contributed by atoms with Crippen molar-refractivity contribution in [3.05, 3.63) is 12.2 Å². The summed E-state index contributed by atoms with van der Waals surface area (Å²) < 4.78 is 15.8. The predicted octanol–water partition coefficient (Wildman–Crippen LogP) is 6.07. The molecule has 23 heavy (non-hydrogen) atoms. The van der Waals surface area contributed by atoms with Crippen LogP contribution in [0.5, 0.6) is 0 Å². The van der Waals surface area contributed by atoms with Gasteiger partial charge in [-0.2, -0.15) is 0 Å². The van der Waals surface area contributed by atoms with Crippen molar-refractivity contribution >= 4 is 7.67 Å². The molecule has 0 heterocycles. The molecule has 5 heteroatoms. The first kappa shape index (κ1) is 22.9. The van der Waals surface area contributed by atoms with Crippen LogP contribution in [-0.2, 0) is 9.09 Å². The van der Waals surface area contributed by atoms with Crippen molar-refractivity contribution in [2.24, 2.45) is 11.0 Å². The number of rotatable bonds is 17. The lowest BCUT2D eigenvalue weighted by atomic mass is 10.1. The van der Waals surface area contributed by atoms with Crippen LogP contribution in [-0.4, -0.2) is 6.61 Å². The van der Waals surface area contributed by atoms with Crippen molar-refractivity contribution in [3.8, 4) is 0 Å². The van der Waals surface area contributed by atoms with Gasteiger partial charge < -0.3 is 4.52 Å². The highest BCUT2D eigenvalue weighted by Gasteiger charge is 2.06. The van der Waals surface area contributed by atoms with E-state index in [0.717, 1.165) is 12.8 Å². The van der Waals surface area contributed by atoms with Gasteiger partial charge in [-0.15, -0.1) is 0 Å². The second kappa shape index (κ2) is 16.7. The maximum Gasteiger partial charge on any atom is 0.335 e. The van der Waals surface area contributed by atoms with Crippen molar-refractivity contribution in [2.45, 2.75) is 96.8 Å². The van der Waals surface area contributed by atoms with E-state index in [1.54, 1.807) is 0 Å². The van der Waals surface area contributed by atoms with Gasteiger partial charge in [0.15, 0.2) is 0 Å². The van der Waals surface area contributed by atoms with Crippen LogP contribution in [0.1, 0.15) is 96.8 Å². The number of unbranched alkanes of at least 4 members (excludes halogenated alkanes) is 12. The van der Waals surface area contributed by atoms with E-state index in [-0.39, 0.29) is 0 Å². The fourth-order valence-electron chi connectivity index (χ4n) is 2.56. The summed E-state index contributed by atoms with van der Waals surface area (Å²) in [6, 6.07) is 0. The van der Waals surface area contributed by atoms with Crippen LogP contribution >= 0.6 is 7.67 Å². The van der Waals surface area contributed by atoms with Crippen molar-refractivity contribution in [1.82, 2.24) is 0 Å². The normalized spacial score (nSPS) is 12.3. The molecule has 0 aromatic heterocycles. The lowest BCUT2D eigenvalue weighted by Crippen LogP contribution is -2.08. The average Bonchev–Trinajstić information content (AvgIpc) is 2.49. The van der Waals surface area contributed by atoms with E-state index in [9.17, 15) is 4.57 Å². The van der Waals surface area contributed by atoms with Crippen LogP contribution < -0.4 is 11.0 Å². The van der Waals surface area contributed by atoms with Crippen molar-refractivity contribution in [1.29, 1.82) is 0 Å². The third-order valence-corrected chi connectivity index (χ3v) is 4.54. The van der Waals surface area contributed by atoms with Gasteiger partial charge in [-0.05, 0) is 32.1 Å².